The van der Waals surface area contributed by atoms with E-state index < -0.39 is 12.1 Å². The predicted octanol–water partition coefficient (Wildman–Crippen LogP) is 3.21. The van der Waals surface area contributed by atoms with Gasteiger partial charge in [-0.15, -0.1) is 0 Å². The van der Waals surface area contributed by atoms with Crippen LogP contribution in [0.25, 0.3) is 0 Å². The summed E-state index contributed by atoms with van der Waals surface area (Å²) in [7, 11) is 0. The number of ketones is 1. The van der Waals surface area contributed by atoms with E-state index in [1.807, 2.05) is 0 Å². The number of carboxylic acids is 1. The lowest BCUT2D eigenvalue weighted by molar-refractivity contribution is -0.145. The van der Waals surface area contributed by atoms with Gasteiger partial charge in [0, 0.05) is 17.5 Å². The summed E-state index contributed by atoms with van der Waals surface area (Å²) in [6.45, 7) is 1.76. The van der Waals surface area contributed by atoms with Crippen LogP contribution < -0.4 is 4.74 Å². The van der Waals surface area contributed by atoms with Gasteiger partial charge in [-0.25, -0.2) is 4.79 Å². The normalized spacial score (nSPS) is 15.8. The van der Waals surface area contributed by atoms with Crippen LogP contribution in [0.4, 0.5) is 0 Å². The molecule has 1 aromatic rings. The van der Waals surface area contributed by atoms with Crippen LogP contribution in [0.5, 0.6) is 5.75 Å². The number of halogens is 1. The molecule has 0 saturated carbocycles. The average Bonchev–Trinajstić information content (AvgIpc) is 2.37. The van der Waals surface area contributed by atoms with Gasteiger partial charge in [0.2, 0.25) is 0 Å². The Morgan fingerprint density at radius 1 is 1.47 bits per heavy atom. The third-order valence-electron chi connectivity index (χ3n) is 3.25. The van der Waals surface area contributed by atoms with Crippen molar-refractivity contribution in [2.75, 3.05) is 0 Å². The molecule has 0 amide bonds. The van der Waals surface area contributed by atoms with Crippen molar-refractivity contribution < 1.29 is 19.4 Å². The molecule has 0 aliphatic heterocycles. The Kier molecular flexibility index (Phi) is 4.24. The zero-order valence-corrected chi connectivity index (χ0v) is 12.2. The summed E-state index contributed by atoms with van der Waals surface area (Å²) in [5, 5.41) is 9.07. The van der Waals surface area contributed by atoms with Gasteiger partial charge in [-0.2, -0.15) is 0 Å². The van der Waals surface area contributed by atoms with Gasteiger partial charge in [0.1, 0.15) is 5.75 Å². The summed E-state index contributed by atoms with van der Waals surface area (Å²) in [6, 6.07) is 3.52. The predicted molar refractivity (Wildman–Crippen MR) is 73.8 cm³/mol. The van der Waals surface area contributed by atoms with Gasteiger partial charge in [-0.3, -0.25) is 4.79 Å². The van der Waals surface area contributed by atoms with Crippen LogP contribution in [-0.4, -0.2) is 23.0 Å². The minimum atomic E-state index is -0.992. The zero-order chi connectivity index (χ0) is 14.0. The molecule has 1 atom stereocenters. The first-order valence-electron chi connectivity index (χ1n) is 6.28. The van der Waals surface area contributed by atoms with Gasteiger partial charge < -0.3 is 9.84 Å². The van der Waals surface area contributed by atoms with Crippen molar-refractivity contribution in [3.63, 3.8) is 0 Å². The lowest BCUT2D eigenvalue weighted by Crippen LogP contribution is -2.27. The molecule has 1 aromatic carbocycles. The van der Waals surface area contributed by atoms with E-state index in [0.717, 1.165) is 18.4 Å². The Morgan fingerprint density at radius 2 is 2.21 bits per heavy atom. The SMILES string of the molecule is CCC(Oc1c(Br)ccc2c1CCCC2=O)C(=O)O. The molecule has 0 fully saturated rings. The summed E-state index contributed by atoms with van der Waals surface area (Å²) in [6.07, 6.45) is 1.55. The van der Waals surface area contributed by atoms with Crippen molar-refractivity contribution in [1.82, 2.24) is 0 Å². The van der Waals surface area contributed by atoms with E-state index >= 15 is 0 Å². The molecular weight excluding hydrogens is 312 g/mol. The summed E-state index contributed by atoms with van der Waals surface area (Å²) in [4.78, 5) is 22.9. The molecule has 0 bridgehead atoms. The third-order valence-corrected chi connectivity index (χ3v) is 3.87. The highest BCUT2D eigenvalue weighted by molar-refractivity contribution is 9.10. The van der Waals surface area contributed by atoms with Crippen molar-refractivity contribution in [2.24, 2.45) is 0 Å². The second kappa shape index (κ2) is 5.74. The number of benzene rings is 1. The number of hydrogen-bond donors (Lipinski definition) is 1. The largest absolute Gasteiger partial charge is 0.479 e. The van der Waals surface area contributed by atoms with Crippen LogP contribution in [0.15, 0.2) is 16.6 Å². The highest BCUT2D eigenvalue weighted by atomic mass is 79.9. The van der Waals surface area contributed by atoms with Crippen molar-refractivity contribution in [1.29, 1.82) is 0 Å². The summed E-state index contributed by atoms with van der Waals surface area (Å²) in [5.74, 6) is -0.393. The fourth-order valence-corrected chi connectivity index (χ4v) is 2.71. The van der Waals surface area contributed by atoms with E-state index in [2.05, 4.69) is 15.9 Å². The molecule has 1 aliphatic rings. The van der Waals surface area contributed by atoms with Crippen molar-refractivity contribution >= 4 is 27.7 Å². The minimum absolute atomic E-state index is 0.0990. The second-order valence-corrected chi connectivity index (χ2v) is 5.39. The molecule has 1 N–H and O–H groups in total. The number of carboxylic acid groups (broad SMARTS) is 1. The smallest absolute Gasteiger partial charge is 0.344 e. The zero-order valence-electron chi connectivity index (χ0n) is 10.6. The third kappa shape index (κ3) is 2.81. The molecule has 0 spiro atoms. The standard InChI is InChI=1S/C14H15BrO4/c1-2-12(14(17)18)19-13-9-4-3-5-11(16)8(9)6-7-10(13)15/h6-7,12H,2-5H2,1H3,(H,17,18). The maximum atomic E-state index is 11.9. The molecule has 0 radical (unpaired) electrons. The number of rotatable bonds is 4. The highest BCUT2D eigenvalue weighted by Gasteiger charge is 2.25. The molecule has 0 saturated heterocycles. The highest BCUT2D eigenvalue weighted by Crippen LogP contribution is 2.36. The number of carbonyl (C=O) groups excluding carboxylic acids is 1. The molecule has 5 heteroatoms. The molecule has 1 unspecified atom stereocenters. The van der Waals surface area contributed by atoms with Gasteiger partial charge in [0.15, 0.2) is 11.9 Å². The first kappa shape index (κ1) is 14.1. The molecule has 2 rings (SSSR count). The average molecular weight is 327 g/mol. The van der Waals surface area contributed by atoms with Crippen molar-refractivity contribution in [3.05, 3.63) is 27.7 Å². The number of carbonyl (C=O) groups is 2. The second-order valence-electron chi connectivity index (χ2n) is 4.53. The fraction of sp³-hybridized carbons (Fsp3) is 0.429. The van der Waals surface area contributed by atoms with E-state index in [0.29, 0.717) is 28.6 Å². The van der Waals surface area contributed by atoms with Crippen LogP contribution in [0.2, 0.25) is 0 Å². The first-order valence-corrected chi connectivity index (χ1v) is 7.08. The van der Waals surface area contributed by atoms with Crippen molar-refractivity contribution in [3.8, 4) is 5.75 Å². The number of hydrogen-bond acceptors (Lipinski definition) is 3. The lowest BCUT2D eigenvalue weighted by atomic mass is 9.90. The Labute approximate surface area is 119 Å². The minimum Gasteiger partial charge on any atom is -0.479 e. The van der Waals surface area contributed by atoms with E-state index in [1.165, 1.54) is 0 Å². The number of fused-ring (bicyclic) bond motifs is 1. The molecule has 1 aliphatic carbocycles. The maximum Gasteiger partial charge on any atom is 0.344 e. The maximum absolute atomic E-state index is 11.9. The Morgan fingerprint density at radius 3 is 2.84 bits per heavy atom. The van der Waals surface area contributed by atoms with E-state index in [4.69, 9.17) is 9.84 Å². The molecule has 19 heavy (non-hydrogen) atoms. The Balaban J connectivity index is 2.42. The van der Waals surface area contributed by atoms with Crippen LogP contribution >= 0.6 is 15.9 Å². The lowest BCUT2D eigenvalue weighted by Gasteiger charge is -2.22. The molecular formula is C14H15BrO4. The van der Waals surface area contributed by atoms with Gasteiger partial charge >= 0.3 is 5.97 Å². The number of aliphatic carboxylic acids is 1. The topological polar surface area (TPSA) is 63.6 Å². The Hall–Kier alpha value is -1.36. The van der Waals surface area contributed by atoms with Gasteiger partial charge in [-0.1, -0.05) is 6.92 Å². The van der Waals surface area contributed by atoms with Crippen LogP contribution in [-0.2, 0) is 11.2 Å². The van der Waals surface area contributed by atoms with E-state index in [-0.39, 0.29) is 5.78 Å². The summed E-state index contributed by atoms with van der Waals surface area (Å²) < 4.78 is 6.30. The molecule has 0 aromatic heterocycles. The quantitative estimate of drug-likeness (QED) is 0.922. The van der Waals surface area contributed by atoms with E-state index in [9.17, 15) is 9.59 Å². The molecule has 4 nitrogen and oxygen atoms in total. The Bertz CT molecular complexity index is 524. The summed E-state index contributed by atoms with van der Waals surface area (Å²) >= 11 is 3.37. The monoisotopic (exact) mass is 326 g/mol. The van der Waals surface area contributed by atoms with Crippen LogP contribution in [0, 0.1) is 0 Å². The van der Waals surface area contributed by atoms with Crippen LogP contribution in [0.3, 0.4) is 0 Å². The van der Waals surface area contributed by atoms with Gasteiger partial charge in [-0.05, 0) is 47.3 Å². The first-order chi connectivity index (χ1) is 9.04. The number of ether oxygens (including phenoxy) is 1. The molecule has 0 heterocycles. The van der Waals surface area contributed by atoms with Crippen LogP contribution in [0.1, 0.15) is 42.1 Å². The van der Waals surface area contributed by atoms with Gasteiger partial charge in [0.25, 0.3) is 0 Å². The van der Waals surface area contributed by atoms with Crippen molar-refractivity contribution in [2.45, 2.75) is 38.7 Å². The van der Waals surface area contributed by atoms with Gasteiger partial charge in [0.05, 0.1) is 4.47 Å². The summed E-state index contributed by atoms with van der Waals surface area (Å²) in [5.41, 5.74) is 1.48. The molecule has 102 valence electrons. The number of Topliss-reactive ketones (excluding diaryl/α,β-unsaturated/α-hetero) is 1. The fourth-order valence-electron chi connectivity index (χ4n) is 2.25. The van der Waals surface area contributed by atoms with E-state index in [1.54, 1.807) is 19.1 Å².